The number of aryl methyl sites for hydroxylation is 1. The topological polar surface area (TPSA) is 73.9 Å². The molecule has 2 N–H and O–H groups in total. The van der Waals surface area contributed by atoms with Crippen LogP contribution in [-0.4, -0.2) is 39.5 Å². The molecule has 6 heteroatoms. The van der Waals surface area contributed by atoms with Crippen molar-refractivity contribution in [2.24, 2.45) is 0 Å². The van der Waals surface area contributed by atoms with Crippen LogP contribution in [0.3, 0.4) is 0 Å². The minimum atomic E-state index is 0.0327. The number of amides is 1. The molecule has 0 bridgehead atoms. The van der Waals surface area contributed by atoms with E-state index in [1.165, 1.54) is 24.8 Å². The van der Waals surface area contributed by atoms with Crippen LogP contribution in [0.2, 0.25) is 0 Å². The Morgan fingerprint density at radius 3 is 2.77 bits per heavy atom. The summed E-state index contributed by atoms with van der Waals surface area (Å²) in [6.07, 6.45) is 10.6. The molecule has 1 amide bonds. The molecule has 2 aromatic rings. The van der Waals surface area contributed by atoms with Crippen LogP contribution >= 0.6 is 0 Å². The Morgan fingerprint density at radius 1 is 1.12 bits per heavy atom. The van der Waals surface area contributed by atoms with Crippen molar-refractivity contribution in [3.63, 3.8) is 0 Å². The summed E-state index contributed by atoms with van der Waals surface area (Å²) in [7, 11) is 0. The average molecular weight is 349 g/mol. The number of aromatic nitrogens is 3. The van der Waals surface area contributed by atoms with Crippen molar-refractivity contribution >= 4 is 11.9 Å². The Bertz CT molecular complexity index is 921. The molecule has 1 saturated heterocycles. The molecule has 0 radical (unpaired) electrons. The molecular formula is C20H23N5O. The Labute approximate surface area is 152 Å². The van der Waals surface area contributed by atoms with Gasteiger partial charge in [0.15, 0.2) is 0 Å². The van der Waals surface area contributed by atoms with Crippen LogP contribution in [0.15, 0.2) is 6.20 Å². The van der Waals surface area contributed by atoms with Gasteiger partial charge in [0.1, 0.15) is 0 Å². The predicted octanol–water partition coefficient (Wildman–Crippen LogP) is 2.38. The minimum absolute atomic E-state index is 0.0327. The quantitative estimate of drug-likeness (QED) is 0.829. The van der Waals surface area contributed by atoms with E-state index in [4.69, 9.17) is 4.98 Å². The number of H-pyrrole nitrogens is 1. The van der Waals surface area contributed by atoms with Gasteiger partial charge in [-0.05, 0) is 56.1 Å². The Kier molecular flexibility index (Phi) is 2.89. The SMILES string of the molecule is O=C1NC2(CC2)Cc2[nH]c3c(c21)CCc1cnc(N2CCCCC2)nc1-3. The first-order chi connectivity index (χ1) is 12.7. The number of carbonyl (C=O) groups excluding carboxylic acids is 1. The van der Waals surface area contributed by atoms with Gasteiger partial charge in [-0.3, -0.25) is 4.79 Å². The molecular weight excluding hydrogens is 326 g/mol. The van der Waals surface area contributed by atoms with Gasteiger partial charge in [0.05, 0.1) is 17.0 Å². The molecule has 4 heterocycles. The third-order valence-electron chi connectivity index (χ3n) is 6.53. The summed E-state index contributed by atoms with van der Waals surface area (Å²) in [4.78, 5) is 28.2. The summed E-state index contributed by atoms with van der Waals surface area (Å²) < 4.78 is 0. The van der Waals surface area contributed by atoms with Crippen molar-refractivity contribution in [3.05, 3.63) is 28.6 Å². The second-order valence-corrected chi connectivity index (χ2v) is 8.33. The zero-order valence-corrected chi connectivity index (χ0v) is 14.9. The van der Waals surface area contributed by atoms with E-state index < -0.39 is 0 Å². The maximum Gasteiger partial charge on any atom is 0.253 e. The number of piperidine rings is 1. The lowest BCUT2D eigenvalue weighted by Gasteiger charge is -2.27. The van der Waals surface area contributed by atoms with Crippen LogP contribution in [0.1, 0.15) is 59.3 Å². The first-order valence-corrected chi connectivity index (χ1v) is 9.90. The van der Waals surface area contributed by atoms with E-state index in [1.807, 2.05) is 6.20 Å². The molecule has 4 aliphatic rings. The van der Waals surface area contributed by atoms with E-state index in [-0.39, 0.29) is 11.4 Å². The summed E-state index contributed by atoms with van der Waals surface area (Å²) in [6.45, 7) is 2.08. The predicted molar refractivity (Wildman–Crippen MR) is 98.4 cm³/mol. The zero-order valence-electron chi connectivity index (χ0n) is 14.9. The lowest BCUT2D eigenvalue weighted by Crippen LogP contribution is -2.43. The van der Waals surface area contributed by atoms with Crippen molar-refractivity contribution in [3.8, 4) is 11.4 Å². The molecule has 134 valence electrons. The number of hydrogen-bond acceptors (Lipinski definition) is 4. The van der Waals surface area contributed by atoms with Crippen LogP contribution < -0.4 is 10.2 Å². The lowest BCUT2D eigenvalue weighted by molar-refractivity contribution is 0.0917. The molecule has 2 aliphatic carbocycles. The Morgan fingerprint density at radius 2 is 1.96 bits per heavy atom. The number of aromatic amines is 1. The van der Waals surface area contributed by atoms with Crippen molar-refractivity contribution in [1.29, 1.82) is 0 Å². The van der Waals surface area contributed by atoms with E-state index in [9.17, 15) is 4.79 Å². The molecule has 26 heavy (non-hydrogen) atoms. The second-order valence-electron chi connectivity index (χ2n) is 8.33. The number of fused-ring (bicyclic) bond motifs is 5. The van der Waals surface area contributed by atoms with Gasteiger partial charge in [-0.15, -0.1) is 0 Å². The van der Waals surface area contributed by atoms with Gasteiger partial charge in [-0.2, -0.15) is 0 Å². The van der Waals surface area contributed by atoms with Crippen LogP contribution in [0.4, 0.5) is 5.95 Å². The average Bonchev–Trinajstić information content (AvgIpc) is 3.28. The summed E-state index contributed by atoms with van der Waals surface area (Å²) in [6, 6.07) is 0. The van der Waals surface area contributed by atoms with E-state index in [0.717, 1.165) is 79.4 Å². The number of hydrogen-bond donors (Lipinski definition) is 2. The molecule has 0 unspecified atom stereocenters. The Hall–Kier alpha value is -2.37. The van der Waals surface area contributed by atoms with Gasteiger partial charge < -0.3 is 15.2 Å². The van der Waals surface area contributed by atoms with Gasteiger partial charge in [0.2, 0.25) is 5.95 Å². The number of nitrogens with zero attached hydrogens (tertiary/aromatic N) is 3. The van der Waals surface area contributed by atoms with Crippen molar-refractivity contribution < 1.29 is 4.79 Å². The fourth-order valence-corrected chi connectivity index (χ4v) is 4.90. The molecule has 0 atom stereocenters. The number of nitrogens with one attached hydrogen (secondary N) is 2. The fraction of sp³-hybridized carbons (Fsp3) is 0.550. The van der Waals surface area contributed by atoms with E-state index in [0.29, 0.717) is 0 Å². The van der Waals surface area contributed by atoms with Gasteiger partial charge in [0.25, 0.3) is 5.91 Å². The highest BCUT2D eigenvalue weighted by molar-refractivity contribution is 6.01. The summed E-state index contributed by atoms with van der Waals surface area (Å²) in [5, 5.41) is 3.25. The lowest BCUT2D eigenvalue weighted by atomic mass is 9.90. The number of anilines is 1. The summed E-state index contributed by atoms with van der Waals surface area (Å²) >= 11 is 0. The van der Waals surface area contributed by atoms with Crippen molar-refractivity contribution in [1.82, 2.24) is 20.3 Å². The molecule has 0 aromatic carbocycles. The smallest absolute Gasteiger partial charge is 0.253 e. The first kappa shape index (κ1) is 14.8. The van der Waals surface area contributed by atoms with Crippen LogP contribution in [0, 0.1) is 0 Å². The first-order valence-electron chi connectivity index (χ1n) is 9.90. The minimum Gasteiger partial charge on any atom is -0.356 e. The van der Waals surface area contributed by atoms with Crippen LogP contribution in [0.25, 0.3) is 11.4 Å². The molecule has 1 saturated carbocycles. The molecule has 2 aromatic heterocycles. The normalized spacial score (nSPS) is 22.5. The van der Waals surface area contributed by atoms with Crippen LogP contribution in [0.5, 0.6) is 0 Å². The maximum atomic E-state index is 12.7. The second kappa shape index (κ2) is 5.09. The summed E-state index contributed by atoms with van der Waals surface area (Å²) in [5.74, 6) is 0.946. The highest BCUT2D eigenvalue weighted by Crippen LogP contribution is 2.45. The number of rotatable bonds is 1. The Balaban J connectivity index is 1.45. The molecule has 1 spiro atoms. The van der Waals surface area contributed by atoms with E-state index >= 15 is 0 Å². The van der Waals surface area contributed by atoms with Crippen molar-refractivity contribution in [2.45, 2.75) is 56.9 Å². The molecule has 6 nitrogen and oxygen atoms in total. The maximum absolute atomic E-state index is 12.7. The highest BCUT2D eigenvalue weighted by atomic mass is 16.2. The van der Waals surface area contributed by atoms with Crippen LogP contribution in [-0.2, 0) is 19.3 Å². The van der Waals surface area contributed by atoms with Gasteiger partial charge >= 0.3 is 0 Å². The largest absolute Gasteiger partial charge is 0.356 e. The molecule has 2 aliphatic heterocycles. The number of carbonyl (C=O) groups is 1. The van der Waals surface area contributed by atoms with Gasteiger partial charge in [-0.1, -0.05) is 0 Å². The standard InChI is InChI=1S/C20H23N5O/c26-18-15-13-5-4-12-11-21-19(25-8-2-1-3-9-25)23-16(12)17(13)22-14(15)10-20(24-18)6-7-20/h11,22H,1-10H2,(H,24,26). The third-order valence-corrected chi connectivity index (χ3v) is 6.53. The zero-order chi connectivity index (χ0) is 17.3. The van der Waals surface area contributed by atoms with Gasteiger partial charge in [0, 0.05) is 36.9 Å². The van der Waals surface area contributed by atoms with E-state index in [2.05, 4.69) is 20.2 Å². The summed E-state index contributed by atoms with van der Waals surface area (Å²) in [5.41, 5.74) is 6.45. The fourth-order valence-electron chi connectivity index (χ4n) is 4.90. The third kappa shape index (κ3) is 2.07. The monoisotopic (exact) mass is 349 g/mol. The molecule has 2 fully saturated rings. The van der Waals surface area contributed by atoms with Gasteiger partial charge in [-0.25, -0.2) is 9.97 Å². The van der Waals surface area contributed by atoms with E-state index in [1.54, 1.807) is 0 Å². The molecule has 6 rings (SSSR count). The van der Waals surface area contributed by atoms with Crippen molar-refractivity contribution in [2.75, 3.05) is 18.0 Å². The highest BCUT2D eigenvalue weighted by Gasteiger charge is 2.49.